The molecule has 0 aromatic heterocycles. The molecule has 0 heterocycles. The molecular weight excluding hydrogens is 160 g/mol. The van der Waals surface area contributed by atoms with Gasteiger partial charge in [-0.15, -0.1) is 0 Å². The molecule has 4 nitrogen and oxygen atoms in total. The molecule has 0 saturated heterocycles. The zero-order valence-corrected chi connectivity index (χ0v) is 7.96. The first-order valence-electron chi connectivity index (χ1n) is 4.10. The van der Waals surface area contributed by atoms with Gasteiger partial charge in [0, 0.05) is 0 Å². The van der Waals surface area contributed by atoms with Crippen molar-refractivity contribution in [1.82, 2.24) is 0 Å². The highest BCUT2D eigenvalue weighted by atomic mass is 16.7. The first kappa shape index (κ1) is 14.4. The van der Waals surface area contributed by atoms with Crippen LogP contribution >= 0.6 is 0 Å². The number of hydrogen-bond acceptors (Lipinski definition) is 3. The molecule has 0 spiro atoms. The first-order chi connectivity index (χ1) is 4.93. The van der Waals surface area contributed by atoms with E-state index < -0.39 is 11.4 Å². The van der Waals surface area contributed by atoms with Gasteiger partial charge in [0.1, 0.15) is 0 Å². The van der Waals surface area contributed by atoms with Crippen LogP contribution in [0.2, 0.25) is 0 Å². The van der Waals surface area contributed by atoms with Gasteiger partial charge in [0.05, 0.1) is 5.41 Å². The van der Waals surface area contributed by atoms with Crippen molar-refractivity contribution in [2.75, 3.05) is 0 Å². The van der Waals surface area contributed by atoms with Crippen molar-refractivity contribution >= 4 is 0 Å². The van der Waals surface area contributed by atoms with Crippen LogP contribution in [0.5, 0.6) is 0 Å². The molecule has 0 aliphatic heterocycles. The molecule has 0 radical (unpaired) electrons. The third kappa shape index (κ3) is 2.42. The van der Waals surface area contributed by atoms with Gasteiger partial charge in [0.25, 0.3) is 5.97 Å². The Bertz CT molecular complexity index is 104. The Morgan fingerprint density at radius 1 is 0.833 bits per heavy atom. The molecule has 4 heteroatoms. The van der Waals surface area contributed by atoms with Crippen molar-refractivity contribution in [1.29, 1.82) is 0 Å². The summed E-state index contributed by atoms with van der Waals surface area (Å²) in [7, 11) is 0. The standard InChI is InChI=1S/C8H18O3.H2O/c1-4-7(5-2,6-3)8(9,10)11;/h9-11H,4-6H2,1-3H3;1H2. The highest BCUT2D eigenvalue weighted by Gasteiger charge is 2.44. The minimum Gasteiger partial charge on any atom is -0.412 e. The van der Waals surface area contributed by atoms with Crippen LogP contribution in [-0.2, 0) is 0 Å². The largest absolute Gasteiger partial charge is 0.412 e. The van der Waals surface area contributed by atoms with Crippen LogP contribution < -0.4 is 0 Å². The molecule has 0 bridgehead atoms. The fraction of sp³-hybridized carbons (Fsp3) is 1.00. The second-order valence-corrected chi connectivity index (χ2v) is 2.98. The molecule has 0 unspecified atom stereocenters. The first-order valence-corrected chi connectivity index (χ1v) is 4.10. The Hall–Kier alpha value is -0.160. The molecule has 0 fully saturated rings. The lowest BCUT2D eigenvalue weighted by atomic mass is 9.77. The molecule has 0 aromatic rings. The summed E-state index contributed by atoms with van der Waals surface area (Å²) in [6.45, 7) is 5.51. The van der Waals surface area contributed by atoms with E-state index in [0.29, 0.717) is 19.3 Å². The molecule has 0 saturated carbocycles. The monoisotopic (exact) mass is 180 g/mol. The van der Waals surface area contributed by atoms with Gasteiger partial charge >= 0.3 is 0 Å². The summed E-state index contributed by atoms with van der Waals surface area (Å²) in [5, 5.41) is 27.1. The smallest absolute Gasteiger partial charge is 0.281 e. The van der Waals surface area contributed by atoms with E-state index in [-0.39, 0.29) is 5.48 Å². The summed E-state index contributed by atoms with van der Waals surface area (Å²) in [4.78, 5) is 0. The van der Waals surface area contributed by atoms with Gasteiger partial charge in [-0.3, -0.25) is 0 Å². The van der Waals surface area contributed by atoms with E-state index in [0.717, 1.165) is 0 Å². The maximum atomic E-state index is 9.04. The summed E-state index contributed by atoms with van der Waals surface area (Å²) in [6, 6.07) is 0. The van der Waals surface area contributed by atoms with Crippen LogP contribution in [0.4, 0.5) is 0 Å². The third-order valence-electron chi connectivity index (χ3n) is 2.74. The summed E-state index contributed by atoms with van der Waals surface area (Å²) in [5.74, 6) is -2.54. The summed E-state index contributed by atoms with van der Waals surface area (Å²) < 4.78 is 0. The van der Waals surface area contributed by atoms with Crippen LogP contribution in [-0.4, -0.2) is 26.8 Å². The van der Waals surface area contributed by atoms with Crippen molar-refractivity contribution < 1.29 is 20.8 Å². The summed E-state index contributed by atoms with van der Waals surface area (Å²) in [5.41, 5.74) is -0.771. The minimum absolute atomic E-state index is 0. The predicted octanol–water partition coefficient (Wildman–Crippen LogP) is 0.00880. The van der Waals surface area contributed by atoms with Crippen LogP contribution in [0.3, 0.4) is 0 Å². The average Bonchev–Trinajstić information content (AvgIpc) is 1.90. The lowest BCUT2D eigenvalue weighted by molar-refractivity contribution is -0.377. The number of aliphatic hydroxyl groups is 3. The Morgan fingerprint density at radius 3 is 1.08 bits per heavy atom. The maximum absolute atomic E-state index is 9.04. The molecule has 0 amide bonds. The van der Waals surface area contributed by atoms with Crippen molar-refractivity contribution in [3.63, 3.8) is 0 Å². The number of hydrogen-bond donors (Lipinski definition) is 3. The molecule has 0 rings (SSSR count). The average molecular weight is 180 g/mol. The van der Waals surface area contributed by atoms with E-state index in [1.807, 2.05) is 20.8 Å². The van der Waals surface area contributed by atoms with Gasteiger partial charge < -0.3 is 20.8 Å². The topological polar surface area (TPSA) is 92.2 Å². The summed E-state index contributed by atoms with van der Waals surface area (Å²) in [6.07, 6.45) is 1.68. The van der Waals surface area contributed by atoms with Crippen LogP contribution in [0.25, 0.3) is 0 Å². The van der Waals surface area contributed by atoms with Crippen LogP contribution in [0, 0.1) is 5.41 Å². The Labute approximate surface area is 73.2 Å². The second kappa shape index (κ2) is 4.77. The minimum atomic E-state index is -2.54. The molecule has 0 aliphatic carbocycles. The van der Waals surface area contributed by atoms with Crippen molar-refractivity contribution in [3.05, 3.63) is 0 Å². The van der Waals surface area contributed by atoms with Crippen LogP contribution in [0.1, 0.15) is 40.0 Å². The zero-order valence-electron chi connectivity index (χ0n) is 7.96. The van der Waals surface area contributed by atoms with E-state index in [4.69, 9.17) is 15.3 Å². The molecule has 0 aromatic carbocycles. The van der Waals surface area contributed by atoms with Crippen molar-refractivity contribution in [2.24, 2.45) is 5.41 Å². The summed E-state index contributed by atoms with van der Waals surface area (Å²) >= 11 is 0. The molecule has 5 N–H and O–H groups in total. The normalized spacial score (nSPS) is 12.5. The van der Waals surface area contributed by atoms with Crippen molar-refractivity contribution in [2.45, 2.75) is 46.0 Å². The molecule has 76 valence electrons. The Balaban J connectivity index is 0. The van der Waals surface area contributed by atoms with Gasteiger partial charge in [0.2, 0.25) is 0 Å². The van der Waals surface area contributed by atoms with E-state index in [1.165, 1.54) is 0 Å². The highest BCUT2D eigenvalue weighted by molar-refractivity contribution is 4.81. The lowest BCUT2D eigenvalue weighted by Gasteiger charge is -2.37. The van der Waals surface area contributed by atoms with E-state index >= 15 is 0 Å². The van der Waals surface area contributed by atoms with E-state index in [2.05, 4.69) is 0 Å². The quantitative estimate of drug-likeness (QED) is 0.532. The van der Waals surface area contributed by atoms with Gasteiger partial charge in [0.15, 0.2) is 0 Å². The van der Waals surface area contributed by atoms with Gasteiger partial charge in [-0.2, -0.15) is 0 Å². The zero-order chi connectivity index (χ0) is 9.12. The fourth-order valence-corrected chi connectivity index (χ4v) is 1.46. The van der Waals surface area contributed by atoms with Crippen LogP contribution in [0.15, 0.2) is 0 Å². The third-order valence-corrected chi connectivity index (χ3v) is 2.74. The Morgan fingerprint density at radius 2 is 1.08 bits per heavy atom. The molecule has 0 atom stereocenters. The highest BCUT2D eigenvalue weighted by Crippen LogP contribution is 2.38. The number of rotatable bonds is 4. The lowest BCUT2D eigenvalue weighted by Crippen LogP contribution is -2.47. The second-order valence-electron chi connectivity index (χ2n) is 2.98. The predicted molar refractivity (Wildman–Crippen MR) is 46.3 cm³/mol. The van der Waals surface area contributed by atoms with Crippen molar-refractivity contribution in [3.8, 4) is 0 Å². The molecule has 12 heavy (non-hydrogen) atoms. The molecule has 0 aliphatic rings. The molecular formula is C8H20O4. The Kier molecular flexibility index (Phi) is 5.71. The maximum Gasteiger partial charge on any atom is 0.281 e. The fourth-order valence-electron chi connectivity index (χ4n) is 1.46. The van der Waals surface area contributed by atoms with Gasteiger partial charge in [-0.05, 0) is 19.3 Å². The van der Waals surface area contributed by atoms with E-state index in [1.54, 1.807) is 0 Å². The van der Waals surface area contributed by atoms with E-state index in [9.17, 15) is 0 Å². The van der Waals surface area contributed by atoms with Gasteiger partial charge in [-0.1, -0.05) is 20.8 Å². The van der Waals surface area contributed by atoms with Gasteiger partial charge in [-0.25, -0.2) is 0 Å². The SMILES string of the molecule is CCC(CC)(CC)C(O)(O)O.O.